The number of nitriles is 3. The van der Waals surface area contributed by atoms with Gasteiger partial charge in [0.15, 0.2) is 11.5 Å². The van der Waals surface area contributed by atoms with Gasteiger partial charge in [-0.3, -0.25) is 0 Å². The Morgan fingerprint density at radius 1 is 1.13 bits per heavy atom. The van der Waals surface area contributed by atoms with E-state index in [1.165, 1.54) is 18.9 Å². The molecule has 0 aromatic rings. The Balaban J connectivity index is 3.59. The van der Waals surface area contributed by atoms with Crippen LogP contribution in [-0.4, -0.2) is 19.3 Å². The minimum Gasteiger partial charge on any atom is -0.465 e. The zero-order valence-corrected chi connectivity index (χ0v) is 14.2. The van der Waals surface area contributed by atoms with E-state index in [0.29, 0.717) is 17.7 Å². The van der Waals surface area contributed by atoms with Crippen LogP contribution in [0.5, 0.6) is 0 Å². The van der Waals surface area contributed by atoms with Gasteiger partial charge < -0.3 is 4.74 Å². The molecule has 0 atom stereocenters. The molecule has 6 heteroatoms. The Labute approximate surface area is 141 Å². The third-order valence-electron chi connectivity index (χ3n) is 3.82. The molecule has 5 nitrogen and oxygen atoms in total. The summed E-state index contributed by atoms with van der Waals surface area (Å²) in [7, 11) is 1.23. The summed E-state index contributed by atoms with van der Waals surface area (Å²) in [5.74, 6) is -1.53. The molecule has 0 aromatic heterocycles. The molecule has 120 valence electrons. The number of carbonyl (C=O) groups excluding carboxylic acids is 1. The van der Waals surface area contributed by atoms with Gasteiger partial charge in [-0.05, 0) is 43.1 Å². The van der Waals surface area contributed by atoms with Crippen molar-refractivity contribution in [1.29, 1.82) is 15.8 Å². The Kier molecular flexibility index (Phi) is 7.95. The van der Waals surface area contributed by atoms with Crippen molar-refractivity contribution in [2.45, 2.75) is 38.5 Å². The van der Waals surface area contributed by atoms with Crippen LogP contribution in [-0.2, 0) is 9.53 Å². The Bertz CT molecular complexity index is 630. The molecular formula is C17H19N3O2S. The average Bonchev–Trinajstić information content (AvgIpc) is 2.55. The summed E-state index contributed by atoms with van der Waals surface area (Å²) in [6.45, 7) is 0. The van der Waals surface area contributed by atoms with Gasteiger partial charge in [0.2, 0.25) is 0 Å². The molecule has 0 radical (unpaired) electrons. The standard InChI is InChI=1S/C17H19N3O2S/c1-22-17(21)15(11-20)16(23-2)14-8-6-4-3-5-7-13(14)12(9-18)10-19/h12H,3-8H2,1-2H3/b14-13-,16-15+. The van der Waals surface area contributed by atoms with E-state index in [4.69, 9.17) is 4.74 Å². The van der Waals surface area contributed by atoms with Gasteiger partial charge in [0.05, 0.1) is 19.2 Å². The highest BCUT2D eigenvalue weighted by molar-refractivity contribution is 8.02. The number of rotatable bonds is 4. The zero-order chi connectivity index (χ0) is 17.2. The molecule has 0 saturated heterocycles. The number of thioether (sulfide) groups is 1. The Morgan fingerprint density at radius 3 is 2.22 bits per heavy atom. The number of hydrogen-bond acceptors (Lipinski definition) is 6. The topological polar surface area (TPSA) is 97.7 Å². The number of allylic oxidation sites excluding steroid dienone is 2. The van der Waals surface area contributed by atoms with Crippen molar-refractivity contribution in [2.24, 2.45) is 5.92 Å². The molecule has 0 N–H and O–H groups in total. The van der Waals surface area contributed by atoms with Gasteiger partial charge in [0.1, 0.15) is 6.07 Å². The summed E-state index contributed by atoms with van der Waals surface area (Å²) in [5.41, 5.74) is 1.49. The molecule has 23 heavy (non-hydrogen) atoms. The molecule has 0 amide bonds. The minimum atomic E-state index is -0.845. The summed E-state index contributed by atoms with van der Waals surface area (Å²) in [5, 5.41) is 27.9. The predicted molar refractivity (Wildman–Crippen MR) is 87.6 cm³/mol. The number of carbonyl (C=O) groups is 1. The lowest BCUT2D eigenvalue weighted by atomic mass is 9.86. The second-order valence-corrected chi connectivity index (χ2v) is 5.94. The van der Waals surface area contributed by atoms with E-state index in [9.17, 15) is 20.6 Å². The van der Waals surface area contributed by atoms with E-state index < -0.39 is 11.9 Å². The van der Waals surface area contributed by atoms with E-state index in [-0.39, 0.29) is 5.57 Å². The predicted octanol–water partition coefficient (Wildman–Crippen LogP) is 3.61. The summed E-state index contributed by atoms with van der Waals surface area (Å²) < 4.78 is 4.70. The second kappa shape index (κ2) is 9.72. The third kappa shape index (κ3) is 4.62. The molecule has 0 saturated carbocycles. The summed E-state index contributed by atoms with van der Waals surface area (Å²) in [6.07, 6.45) is 7.02. The van der Waals surface area contributed by atoms with Crippen LogP contribution in [0, 0.1) is 39.9 Å². The van der Waals surface area contributed by atoms with Gasteiger partial charge in [-0.1, -0.05) is 12.8 Å². The fourth-order valence-electron chi connectivity index (χ4n) is 2.71. The first-order valence-corrected chi connectivity index (χ1v) is 8.65. The Morgan fingerprint density at radius 2 is 1.74 bits per heavy atom. The van der Waals surface area contributed by atoms with Crippen molar-refractivity contribution in [3.8, 4) is 18.2 Å². The fourth-order valence-corrected chi connectivity index (χ4v) is 3.52. The van der Waals surface area contributed by atoms with Gasteiger partial charge in [0, 0.05) is 4.91 Å². The monoisotopic (exact) mass is 329 g/mol. The summed E-state index contributed by atoms with van der Waals surface area (Å²) in [6, 6.07) is 5.97. The number of hydrogen-bond donors (Lipinski definition) is 0. The molecule has 0 bridgehead atoms. The van der Waals surface area contributed by atoms with Crippen LogP contribution in [0.15, 0.2) is 21.6 Å². The molecule has 1 rings (SSSR count). The van der Waals surface area contributed by atoms with E-state index in [1.807, 2.05) is 18.2 Å². The maximum atomic E-state index is 11.9. The van der Waals surface area contributed by atoms with E-state index in [2.05, 4.69) is 0 Å². The lowest BCUT2D eigenvalue weighted by molar-refractivity contribution is -0.135. The van der Waals surface area contributed by atoms with Crippen LogP contribution in [0.1, 0.15) is 38.5 Å². The van der Waals surface area contributed by atoms with Crippen LogP contribution in [0.4, 0.5) is 0 Å². The number of ether oxygens (including phenoxy) is 1. The highest BCUT2D eigenvalue weighted by Crippen LogP contribution is 2.37. The number of nitrogens with zero attached hydrogens (tertiary/aromatic N) is 3. The molecule has 0 spiro atoms. The van der Waals surface area contributed by atoms with E-state index in [1.54, 1.807) is 6.26 Å². The quantitative estimate of drug-likeness (QED) is 0.444. The number of methoxy groups -OCH3 is 1. The van der Waals surface area contributed by atoms with Crippen LogP contribution >= 0.6 is 11.8 Å². The first kappa shape index (κ1) is 18.8. The number of esters is 1. The van der Waals surface area contributed by atoms with Crippen LogP contribution in [0.25, 0.3) is 0 Å². The molecule has 0 fully saturated rings. The molecule has 0 unspecified atom stereocenters. The largest absolute Gasteiger partial charge is 0.465 e. The van der Waals surface area contributed by atoms with Gasteiger partial charge in [-0.2, -0.15) is 15.8 Å². The first-order chi connectivity index (χ1) is 11.1. The maximum absolute atomic E-state index is 11.9. The molecule has 0 aromatic carbocycles. The lowest BCUT2D eigenvalue weighted by Crippen LogP contribution is -2.11. The lowest BCUT2D eigenvalue weighted by Gasteiger charge is -2.21. The maximum Gasteiger partial charge on any atom is 0.349 e. The van der Waals surface area contributed by atoms with Crippen molar-refractivity contribution < 1.29 is 9.53 Å². The molecule has 0 aliphatic heterocycles. The highest BCUT2D eigenvalue weighted by Gasteiger charge is 2.25. The van der Waals surface area contributed by atoms with Crippen LogP contribution in [0.2, 0.25) is 0 Å². The zero-order valence-electron chi connectivity index (χ0n) is 13.4. The normalized spacial score (nSPS) is 19.5. The van der Waals surface area contributed by atoms with Crippen LogP contribution in [0.3, 0.4) is 0 Å². The highest BCUT2D eigenvalue weighted by atomic mass is 32.2. The first-order valence-electron chi connectivity index (χ1n) is 7.42. The Hall–Kier alpha value is -2.23. The van der Waals surface area contributed by atoms with Crippen molar-refractivity contribution in [3.05, 3.63) is 21.6 Å². The average molecular weight is 329 g/mol. The third-order valence-corrected chi connectivity index (χ3v) is 4.68. The smallest absolute Gasteiger partial charge is 0.349 e. The SMILES string of the molecule is COC(=O)/C(C#N)=C(SC)\C1=C(/C(C#N)C#N)CCCCCC1. The van der Waals surface area contributed by atoms with Crippen LogP contribution < -0.4 is 0 Å². The fraction of sp³-hybridized carbons (Fsp3) is 0.529. The van der Waals surface area contributed by atoms with Gasteiger partial charge in [0.25, 0.3) is 0 Å². The molecule has 1 aliphatic carbocycles. The molecule has 0 heterocycles. The second-order valence-electron chi connectivity index (χ2n) is 5.12. The van der Waals surface area contributed by atoms with Gasteiger partial charge in [-0.25, -0.2) is 4.79 Å². The van der Waals surface area contributed by atoms with Crippen molar-refractivity contribution in [2.75, 3.05) is 13.4 Å². The van der Waals surface area contributed by atoms with Gasteiger partial charge in [-0.15, -0.1) is 11.8 Å². The molecular weight excluding hydrogens is 310 g/mol. The van der Waals surface area contributed by atoms with Crippen molar-refractivity contribution in [3.63, 3.8) is 0 Å². The van der Waals surface area contributed by atoms with E-state index >= 15 is 0 Å². The van der Waals surface area contributed by atoms with E-state index in [0.717, 1.165) is 36.8 Å². The summed E-state index contributed by atoms with van der Waals surface area (Å²) in [4.78, 5) is 12.4. The molecule has 1 aliphatic rings. The van der Waals surface area contributed by atoms with Crippen molar-refractivity contribution >= 4 is 17.7 Å². The van der Waals surface area contributed by atoms with Gasteiger partial charge >= 0.3 is 5.97 Å². The minimum absolute atomic E-state index is 0.0531. The summed E-state index contributed by atoms with van der Waals surface area (Å²) >= 11 is 1.29. The van der Waals surface area contributed by atoms with Crippen molar-refractivity contribution in [1.82, 2.24) is 0 Å².